The zero-order chi connectivity index (χ0) is 12.3. The number of halogens is 1. The smallest absolute Gasteiger partial charge is 0.270 e. The summed E-state index contributed by atoms with van der Waals surface area (Å²) in [6.07, 6.45) is 4.36. The van der Waals surface area contributed by atoms with E-state index in [1.54, 1.807) is 0 Å². The van der Waals surface area contributed by atoms with Crippen LogP contribution in [-0.2, 0) is 0 Å². The zero-order valence-corrected chi connectivity index (χ0v) is 9.14. The van der Waals surface area contributed by atoms with Crippen LogP contribution < -0.4 is 5.32 Å². The minimum atomic E-state index is -0.673. The number of aliphatic hydroxyl groups is 1. The van der Waals surface area contributed by atoms with Gasteiger partial charge in [0.15, 0.2) is 0 Å². The summed E-state index contributed by atoms with van der Waals surface area (Å²) in [5, 5.41) is 11.7. The summed E-state index contributed by atoms with van der Waals surface area (Å²) in [5.41, 5.74) is 0.0610. The van der Waals surface area contributed by atoms with E-state index in [4.69, 9.17) is 5.11 Å². The fourth-order valence-electron chi connectivity index (χ4n) is 1.79. The molecular formula is C12H13FN2O2. The van der Waals surface area contributed by atoms with Crippen LogP contribution in [0.3, 0.4) is 0 Å². The predicted molar refractivity (Wildman–Crippen MR) is 59.8 cm³/mol. The number of aromatic nitrogens is 1. The van der Waals surface area contributed by atoms with Crippen LogP contribution in [0, 0.1) is 11.9 Å². The molecule has 1 aliphatic carbocycles. The number of nitrogens with zero attached hydrogens (tertiary/aromatic N) is 1. The second-order valence-corrected chi connectivity index (χ2v) is 3.99. The Bertz CT molecular complexity index is 448. The topological polar surface area (TPSA) is 62.2 Å². The molecule has 1 heterocycles. The van der Waals surface area contributed by atoms with Crippen molar-refractivity contribution in [1.29, 1.82) is 0 Å². The van der Waals surface area contributed by atoms with Crippen LogP contribution in [0.4, 0.5) is 4.39 Å². The third-order valence-electron chi connectivity index (χ3n) is 2.67. The third kappa shape index (κ3) is 2.88. The molecule has 1 amide bonds. The van der Waals surface area contributed by atoms with E-state index >= 15 is 0 Å². The molecule has 0 aromatic carbocycles. The molecule has 90 valence electrons. The molecule has 1 aromatic heterocycles. The van der Waals surface area contributed by atoms with Crippen molar-refractivity contribution >= 4 is 5.91 Å². The zero-order valence-electron chi connectivity index (χ0n) is 9.14. The number of aliphatic hydroxyl groups excluding tert-OH is 1. The lowest BCUT2D eigenvalue weighted by Crippen LogP contribution is -2.33. The molecule has 0 fully saturated rings. The maximum absolute atomic E-state index is 12.8. The monoisotopic (exact) mass is 236 g/mol. The Kier molecular flexibility index (Phi) is 3.49. The second-order valence-electron chi connectivity index (χ2n) is 3.99. The van der Waals surface area contributed by atoms with E-state index in [1.165, 1.54) is 18.2 Å². The highest BCUT2D eigenvalue weighted by molar-refractivity contribution is 5.92. The molecule has 0 spiro atoms. The average molecular weight is 236 g/mol. The Morgan fingerprint density at radius 2 is 2.35 bits per heavy atom. The summed E-state index contributed by atoms with van der Waals surface area (Å²) >= 11 is 0. The van der Waals surface area contributed by atoms with Crippen molar-refractivity contribution < 1.29 is 14.3 Å². The highest BCUT2D eigenvalue weighted by atomic mass is 19.1. The van der Waals surface area contributed by atoms with Crippen molar-refractivity contribution in [2.75, 3.05) is 6.61 Å². The van der Waals surface area contributed by atoms with Gasteiger partial charge >= 0.3 is 0 Å². The number of nitrogens with one attached hydrogen (secondary N) is 1. The van der Waals surface area contributed by atoms with Gasteiger partial charge in [-0.15, -0.1) is 0 Å². The minimum Gasteiger partial charge on any atom is -0.396 e. The number of pyridine rings is 1. The van der Waals surface area contributed by atoms with Crippen LogP contribution in [0.25, 0.3) is 0 Å². The number of carbonyl (C=O) groups is 1. The van der Waals surface area contributed by atoms with Gasteiger partial charge in [0.1, 0.15) is 5.69 Å². The summed E-state index contributed by atoms with van der Waals surface area (Å²) in [6.45, 7) is 0.0705. The normalized spacial score (nSPS) is 22.7. The van der Waals surface area contributed by atoms with Crippen molar-refractivity contribution in [3.63, 3.8) is 0 Å². The Labute approximate surface area is 98.2 Å². The van der Waals surface area contributed by atoms with Crippen LogP contribution in [0.15, 0.2) is 30.4 Å². The van der Waals surface area contributed by atoms with Crippen molar-refractivity contribution in [3.8, 4) is 0 Å². The van der Waals surface area contributed by atoms with E-state index < -0.39 is 11.9 Å². The first-order chi connectivity index (χ1) is 8.19. The highest BCUT2D eigenvalue weighted by Gasteiger charge is 2.20. The maximum Gasteiger partial charge on any atom is 0.270 e. The van der Waals surface area contributed by atoms with Crippen LogP contribution in [0.5, 0.6) is 0 Å². The van der Waals surface area contributed by atoms with E-state index in [0.29, 0.717) is 6.42 Å². The van der Waals surface area contributed by atoms with Gasteiger partial charge in [-0.2, -0.15) is 4.39 Å². The van der Waals surface area contributed by atoms with E-state index in [1.807, 2.05) is 12.2 Å². The standard InChI is InChI=1S/C12H13FN2O2/c13-11-3-1-2-10(15-11)12(17)14-9-5-4-8(6-9)7-16/h1-5,8-9,16H,6-7H2,(H,14,17)/t8-,9+/m0/s1. The molecule has 0 radical (unpaired) electrons. The van der Waals surface area contributed by atoms with Gasteiger partial charge in [-0.3, -0.25) is 4.79 Å². The fraction of sp³-hybridized carbons (Fsp3) is 0.333. The fourth-order valence-corrected chi connectivity index (χ4v) is 1.79. The lowest BCUT2D eigenvalue weighted by molar-refractivity contribution is 0.0935. The van der Waals surface area contributed by atoms with E-state index in [9.17, 15) is 9.18 Å². The molecule has 2 N–H and O–H groups in total. The molecule has 17 heavy (non-hydrogen) atoms. The summed E-state index contributed by atoms with van der Waals surface area (Å²) < 4.78 is 12.8. The number of amides is 1. The quantitative estimate of drug-likeness (QED) is 0.605. The van der Waals surface area contributed by atoms with Crippen LogP contribution in [0.1, 0.15) is 16.9 Å². The lowest BCUT2D eigenvalue weighted by atomic mass is 10.1. The number of carbonyl (C=O) groups excluding carboxylic acids is 1. The van der Waals surface area contributed by atoms with Crippen LogP contribution in [0.2, 0.25) is 0 Å². The summed E-state index contributed by atoms with van der Waals surface area (Å²) in [7, 11) is 0. The van der Waals surface area contributed by atoms with Crippen LogP contribution in [-0.4, -0.2) is 28.6 Å². The summed E-state index contributed by atoms with van der Waals surface area (Å²) in [5.74, 6) is -0.994. The Hall–Kier alpha value is -1.75. The van der Waals surface area contributed by atoms with E-state index in [0.717, 1.165) is 0 Å². The van der Waals surface area contributed by atoms with Gasteiger partial charge in [-0.25, -0.2) is 4.98 Å². The summed E-state index contributed by atoms with van der Waals surface area (Å²) in [4.78, 5) is 15.2. The predicted octanol–water partition coefficient (Wildman–Crippen LogP) is 0.887. The molecule has 1 aromatic rings. The van der Waals surface area contributed by atoms with Gasteiger partial charge < -0.3 is 10.4 Å². The number of hydrogen-bond donors (Lipinski definition) is 2. The Balaban J connectivity index is 1.96. The van der Waals surface area contributed by atoms with Crippen molar-refractivity contribution in [1.82, 2.24) is 10.3 Å². The molecule has 1 aliphatic rings. The summed E-state index contributed by atoms with van der Waals surface area (Å²) in [6, 6.07) is 3.97. The van der Waals surface area contributed by atoms with E-state index in [-0.39, 0.29) is 24.3 Å². The second kappa shape index (κ2) is 5.05. The molecule has 0 aliphatic heterocycles. The lowest BCUT2D eigenvalue weighted by Gasteiger charge is -2.12. The minimum absolute atomic E-state index is 0.0610. The SMILES string of the molecule is O=C(N[C@@H]1C=C[C@H](CO)C1)c1cccc(F)n1. The van der Waals surface area contributed by atoms with Gasteiger partial charge in [-0.1, -0.05) is 18.2 Å². The van der Waals surface area contributed by atoms with Gasteiger partial charge in [0.25, 0.3) is 5.91 Å². The van der Waals surface area contributed by atoms with Gasteiger partial charge in [0.05, 0.1) is 0 Å². The first-order valence-electron chi connectivity index (χ1n) is 5.41. The molecule has 0 unspecified atom stereocenters. The molecule has 0 saturated carbocycles. The van der Waals surface area contributed by atoms with Crippen molar-refractivity contribution in [2.45, 2.75) is 12.5 Å². The van der Waals surface area contributed by atoms with Gasteiger partial charge in [0, 0.05) is 18.6 Å². The van der Waals surface area contributed by atoms with Crippen molar-refractivity contribution in [2.24, 2.45) is 5.92 Å². The number of hydrogen-bond acceptors (Lipinski definition) is 3. The molecule has 2 rings (SSSR count). The van der Waals surface area contributed by atoms with Crippen molar-refractivity contribution in [3.05, 3.63) is 42.0 Å². The first-order valence-corrected chi connectivity index (χ1v) is 5.41. The third-order valence-corrected chi connectivity index (χ3v) is 2.67. The average Bonchev–Trinajstić information content (AvgIpc) is 2.77. The molecule has 5 heteroatoms. The maximum atomic E-state index is 12.8. The largest absolute Gasteiger partial charge is 0.396 e. The Morgan fingerprint density at radius 1 is 1.53 bits per heavy atom. The van der Waals surface area contributed by atoms with E-state index in [2.05, 4.69) is 10.3 Å². The first kappa shape index (κ1) is 11.7. The molecular weight excluding hydrogens is 223 g/mol. The Morgan fingerprint density at radius 3 is 3.00 bits per heavy atom. The molecule has 0 saturated heterocycles. The number of rotatable bonds is 3. The molecule has 4 nitrogen and oxygen atoms in total. The van der Waals surface area contributed by atoms with Gasteiger partial charge in [-0.05, 0) is 18.6 Å². The van der Waals surface area contributed by atoms with Gasteiger partial charge in [0.2, 0.25) is 5.95 Å². The highest BCUT2D eigenvalue weighted by Crippen LogP contribution is 2.17. The molecule has 0 bridgehead atoms. The van der Waals surface area contributed by atoms with Crippen LogP contribution >= 0.6 is 0 Å². The molecule has 2 atom stereocenters.